The summed E-state index contributed by atoms with van der Waals surface area (Å²) in [6, 6.07) is 16.6. The number of carbonyl (C=O) groups is 2. The van der Waals surface area contributed by atoms with Crippen LogP contribution in [0.15, 0.2) is 59.0 Å². The van der Waals surface area contributed by atoms with E-state index in [9.17, 15) is 9.59 Å². The Morgan fingerprint density at radius 2 is 1.71 bits per heavy atom. The zero-order chi connectivity index (χ0) is 16.9. The minimum absolute atomic E-state index is 0.0633. The maximum absolute atomic E-state index is 12.2. The number of furan rings is 1. The first-order chi connectivity index (χ1) is 11.6. The molecule has 0 amide bonds. The normalized spacial score (nSPS) is 10.5. The second-order valence-electron chi connectivity index (χ2n) is 5.29. The number of carbonyl (C=O) groups excluding carboxylic acids is 2. The van der Waals surface area contributed by atoms with Crippen molar-refractivity contribution in [2.24, 2.45) is 0 Å². The van der Waals surface area contributed by atoms with Crippen LogP contribution in [0.4, 0.5) is 0 Å². The molecule has 0 saturated heterocycles. The summed E-state index contributed by atoms with van der Waals surface area (Å²) in [7, 11) is 0. The van der Waals surface area contributed by atoms with E-state index in [-0.39, 0.29) is 24.8 Å². The first-order valence-electron chi connectivity index (χ1n) is 7.50. The molecule has 0 N–H and O–H groups in total. The molecular weight excluding hydrogens is 308 g/mol. The molecule has 5 heteroatoms. The molecule has 0 spiro atoms. The molecule has 0 aliphatic rings. The highest BCUT2D eigenvalue weighted by molar-refractivity contribution is 5.96. The highest BCUT2D eigenvalue weighted by atomic mass is 16.5. The molecule has 2 aromatic carbocycles. The van der Waals surface area contributed by atoms with Gasteiger partial charge in [-0.2, -0.15) is 0 Å². The van der Waals surface area contributed by atoms with Gasteiger partial charge in [-0.05, 0) is 25.1 Å². The Labute approximate surface area is 138 Å². The van der Waals surface area contributed by atoms with Crippen molar-refractivity contribution in [3.8, 4) is 5.75 Å². The van der Waals surface area contributed by atoms with E-state index in [0.717, 1.165) is 5.39 Å². The zero-order valence-electron chi connectivity index (χ0n) is 13.2. The minimum atomic E-state index is -0.673. The third-order valence-electron chi connectivity index (χ3n) is 3.42. The fourth-order valence-electron chi connectivity index (χ4n) is 2.31. The van der Waals surface area contributed by atoms with Crippen LogP contribution in [0.5, 0.6) is 5.75 Å². The van der Waals surface area contributed by atoms with Gasteiger partial charge in [0.25, 0.3) is 0 Å². The molecule has 122 valence electrons. The molecule has 0 aliphatic heterocycles. The molecule has 5 nitrogen and oxygen atoms in total. The molecule has 24 heavy (non-hydrogen) atoms. The average Bonchev–Trinajstić information content (AvgIpc) is 2.97. The van der Waals surface area contributed by atoms with Crippen LogP contribution in [0.2, 0.25) is 0 Å². The SMILES string of the molecule is CC(=O)COC(=O)c1oc2ccccc2c1COc1ccccc1. The third kappa shape index (κ3) is 3.46. The smallest absolute Gasteiger partial charge is 0.375 e. The lowest BCUT2D eigenvalue weighted by Gasteiger charge is -2.06. The van der Waals surface area contributed by atoms with Crippen molar-refractivity contribution in [2.45, 2.75) is 13.5 Å². The largest absolute Gasteiger partial charge is 0.489 e. The number of ether oxygens (including phenoxy) is 2. The molecule has 3 aromatic rings. The predicted molar refractivity (Wildman–Crippen MR) is 88.0 cm³/mol. The molecule has 3 rings (SSSR count). The summed E-state index contributed by atoms with van der Waals surface area (Å²) in [5.74, 6) is -0.158. The summed E-state index contributed by atoms with van der Waals surface area (Å²) in [4.78, 5) is 23.2. The Balaban J connectivity index is 1.90. The lowest BCUT2D eigenvalue weighted by atomic mass is 10.1. The Kier molecular flexibility index (Phi) is 4.61. The molecule has 0 radical (unpaired) electrons. The number of hydrogen-bond acceptors (Lipinski definition) is 5. The van der Waals surface area contributed by atoms with Gasteiger partial charge >= 0.3 is 5.97 Å². The van der Waals surface area contributed by atoms with E-state index in [1.807, 2.05) is 48.5 Å². The molecule has 0 fully saturated rings. The van der Waals surface area contributed by atoms with Gasteiger partial charge in [0, 0.05) is 5.39 Å². The van der Waals surface area contributed by atoms with E-state index >= 15 is 0 Å². The quantitative estimate of drug-likeness (QED) is 0.646. The van der Waals surface area contributed by atoms with E-state index in [1.54, 1.807) is 6.07 Å². The summed E-state index contributed by atoms with van der Waals surface area (Å²) in [6.07, 6.45) is 0. The summed E-state index contributed by atoms with van der Waals surface area (Å²) < 4.78 is 16.3. The van der Waals surface area contributed by atoms with Gasteiger partial charge in [-0.15, -0.1) is 0 Å². The zero-order valence-corrected chi connectivity index (χ0v) is 13.2. The van der Waals surface area contributed by atoms with Crippen LogP contribution in [0, 0.1) is 0 Å². The van der Waals surface area contributed by atoms with Crippen LogP contribution in [0.25, 0.3) is 11.0 Å². The lowest BCUT2D eigenvalue weighted by Crippen LogP contribution is -2.13. The second-order valence-corrected chi connectivity index (χ2v) is 5.29. The van der Waals surface area contributed by atoms with Gasteiger partial charge in [0.2, 0.25) is 5.76 Å². The number of esters is 1. The van der Waals surface area contributed by atoms with Gasteiger partial charge in [-0.25, -0.2) is 4.79 Å². The molecule has 0 bridgehead atoms. The number of benzene rings is 2. The Morgan fingerprint density at radius 3 is 2.46 bits per heavy atom. The number of ketones is 1. The number of para-hydroxylation sites is 2. The molecular formula is C19H16O5. The Morgan fingerprint density at radius 1 is 1.00 bits per heavy atom. The first kappa shape index (κ1) is 15.8. The first-order valence-corrected chi connectivity index (χ1v) is 7.50. The Bertz CT molecular complexity index is 864. The van der Waals surface area contributed by atoms with Crippen molar-refractivity contribution in [3.63, 3.8) is 0 Å². The van der Waals surface area contributed by atoms with Gasteiger partial charge in [-0.3, -0.25) is 4.79 Å². The fraction of sp³-hybridized carbons (Fsp3) is 0.158. The number of rotatable bonds is 6. The summed E-state index contributed by atoms with van der Waals surface area (Å²) in [5.41, 5.74) is 1.17. The third-order valence-corrected chi connectivity index (χ3v) is 3.42. The van der Waals surface area contributed by atoms with Crippen molar-refractivity contribution in [1.29, 1.82) is 0 Å². The van der Waals surface area contributed by atoms with Crippen LogP contribution in [0.1, 0.15) is 23.0 Å². The van der Waals surface area contributed by atoms with E-state index in [0.29, 0.717) is 16.9 Å². The number of hydrogen-bond donors (Lipinski definition) is 0. The fourth-order valence-corrected chi connectivity index (χ4v) is 2.31. The van der Waals surface area contributed by atoms with Crippen molar-refractivity contribution in [2.75, 3.05) is 6.61 Å². The van der Waals surface area contributed by atoms with Crippen LogP contribution in [0.3, 0.4) is 0 Å². The molecule has 0 aliphatic carbocycles. The van der Waals surface area contributed by atoms with Crippen LogP contribution in [-0.2, 0) is 16.1 Å². The van der Waals surface area contributed by atoms with Crippen molar-refractivity contribution >= 4 is 22.7 Å². The van der Waals surface area contributed by atoms with Gasteiger partial charge in [0.1, 0.15) is 24.5 Å². The molecule has 0 saturated carbocycles. The van der Waals surface area contributed by atoms with Crippen LogP contribution < -0.4 is 4.74 Å². The number of Topliss-reactive ketones (excluding diaryl/α,β-unsaturated/α-hetero) is 1. The van der Waals surface area contributed by atoms with Gasteiger partial charge < -0.3 is 13.9 Å². The molecule has 0 atom stereocenters. The second kappa shape index (κ2) is 7.00. The predicted octanol–water partition coefficient (Wildman–Crippen LogP) is 3.76. The summed E-state index contributed by atoms with van der Waals surface area (Å²) in [5, 5.41) is 0.781. The molecule has 0 unspecified atom stereocenters. The summed E-state index contributed by atoms with van der Waals surface area (Å²) in [6.45, 7) is 1.23. The van der Waals surface area contributed by atoms with E-state index in [4.69, 9.17) is 13.9 Å². The maximum Gasteiger partial charge on any atom is 0.375 e. The highest BCUT2D eigenvalue weighted by Crippen LogP contribution is 2.27. The minimum Gasteiger partial charge on any atom is -0.489 e. The highest BCUT2D eigenvalue weighted by Gasteiger charge is 2.22. The van der Waals surface area contributed by atoms with Gasteiger partial charge in [0.15, 0.2) is 5.78 Å². The molecule has 1 aromatic heterocycles. The van der Waals surface area contributed by atoms with Crippen molar-refractivity contribution < 1.29 is 23.5 Å². The van der Waals surface area contributed by atoms with E-state index in [1.165, 1.54) is 6.92 Å². The monoisotopic (exact) mass is 324 g/mol. The van der Waals surface area contributed by atoms with E-state index < -0.39 is 5.97 Å². The van der Waals surface area contributed by atoms with E-state index in [2.05, 4.69) is 0 Å². The van der Waals surface area contributed by atoms with Crippen molar-refractivity contribution in [1.82, 2.24) is 0 Å². The van der Waals surface area contributed by atoms with Gasteiger partial charge in [0.05, 0.1) is 5.56 Å². The summed E-state index contributed by atoms with van der Waals surface area (Å²) >= 11 is 0. The van der Waals surface area contributed by atoms with Crippen molar-refractivity contribution in [3.05, 3.63) is 65.9 Å². The maximum atomic E-state index is 12.2. The van der Waals surface area contributed by atoms with Gasteiger partial charge in [-0.1, -0.05) is 36.4 Å². The Hall–Kier alpha value is -3.08. The standard InChI is InChI=1S/C19H16O5/c1-13(20)11-23-19(21)18-16(12-22-14-7-3-2-4-8-14)15-9-5-6-10-17(15)24-18/h2-10H,11-12H2,1H3. The average molecular weight is 324 g/mol. The lowest BCUT2D eigenvalue weighted by molar-refractivity contribution is -0.120. The number of fused-ring (bicyclic) bond motifs is 1. The topological polar surface area (TPSA) is 65.7 Å². The molecule has 1 heterocycles. The van der Waals surface area contributed by atoms with Crippen LogP contribution >= 0.6 is 0 Å². The van der Waals surface area contributed by atoms with Crippen LogP contribution in [-0.4, -0.2) is 18.4 Å².